The van der Waals surface area contributed by atoms with Gasteiger partial charge in [-0.1, -0.05) is 19.3 Å². The van der Waals surface area contributed by atoms with Crippen LogP contribution in [-0.2, 0) is 4.79 Å². The number of carboxylic acids is 1. The topological polar surface area (TPSA) is 117 Å². The van der Waals surface area contributed by atoms with Crippen LogP contribution in [0.5, 0.6) is 0 Å². The van der Waals surface area contributed by atoms with E-state index in [1.54, 1.807) is 0 Å². The van der Waals surface area contributed by atoms with Crippen molar-refractivity contribution in [1.29, 1.82) is 0 Å². The van der Waals surface area contributed by atoms with E-state index >= 15 is 0 Å². The van der Waals surface area contributed by atoms with Crippen LogP contribution in [0.1, 0.15) is 32.1 Å². The van der Waals surface area contributed by atoms with Gasteiger partial charge in [0.1, 0.15) is 0 Å². The molecule has 0 saturated heterocycles. The maximum atomic E-state index is 11.7. The minimum Gasteiger partial charge on any atom is -0.481 e. The molecule has 2 rings (SSSR count). The van der Waals surface area contributed by atoms with E-state index in [0.717, 1.165) is 19.3 Å². The Hall–Kier alpha value is -2.25. The van der Waals surface area contributed by atoms with Gasteiger partial charge in [0.15, 0.2) is 0 Å². The quantitative estimate of drug-likeness (QED) is 0.757. The molecule has 20 heavy (non-hydrogen) atoms. The molecule has 8 nitrogen and oxygen atoms in total. The first kappa shape index (κ1) is 14.2. The molecule has 1 fully saturated rings. The second-order valence-corrected chi connectivity index (χ2v) is 4.92. The van der Waals surface area contributed by atoms with Gasteiger partial charge in [0, 0.05) is 6.54 Å². The molecule has 1 aromatic rings. The average molecular weight is 279 g/mol. The lowest BCUT2D eigenvalue weighted by Crippen LogP contribution is -2.45. The number of anilines is 1. The van der Waals surface area contributed by atoms with E-state index in [2.05, 4.69) is 25.8 Å². The van der Waals surface area contributed by atoms with Gasteiger partial charge < -0.3 is 10.4 Å². The Morgan fingerprint density at radius 3 is 2.60 bits per heavy atom. The molecule has 0 atom stereocenters. The first-order valence-corrected chi connectivity index (χ1v) is 6.54. The monoisotopic (exact) mass is 279 g/mol. The van der Waals surface area contributed by atoms with Crippen LogP contribution in [-0.4, -0.2) is 38.8 Å². The fourth-order valence-electron chi connectivity index (χ4n) is 2.39. The van der Waals surface area contributed by atoms with Crippen molar-refractivity contribution in [3.8, 4) is 0 Å². The molecule has 0 aliphatic heterocycles. The van der Waals surface area contributed by atoms with Crippen LogP contribution < -0.4 is 10.6 Å². The molecule has 1 aliphatic carbocycles. The summed E-state index contributed by atoms with van der Waals surface area (Å²) < 4.78 is 0. The van der Waals surface area contributed by atoms with Crippen LogP contribution in [0.3, 0.4) is 0 Å². The molecule has 0 aromatic carbocycles. The first-order chi connectivity index (χ1) is 9.62. The van der Waals surface area contributed by atoms with Crippen LogP contribution in [0.15, 0.2) is 12.4 Å². The van der Waals surface area contributed by atoms with Crippen LogP contribution in [0.4, 0.5) is 10.7 Å². The number of hydrogen-bond donors (Lipinski definition) is 3. The Morgan fingerprint density at radius 1 is 1.25 bits per heavy atom. The highest BCUT2D eigenvalue weighted by molar-refractivity contribution is 5.87. The van der Waals surface area contributed by atoms with Crippen molar-refractivity contribution < 1.29 is 14.7 Å². The molecule has 1 aromatic heterocycles. The fraction of sp³-hybridized carbons (Fsp3) is 0.583. The number of carbonyl (C=O) groups excluding carboxylic acids is 1. The normalized spacial score (nSPS) is 17.2. The number of urea groups is 1. The number of amides is 2. The Morgan fingerprint density at radius 2 is 2.00 bits per heavy atom. The lowest BCUT2D eigenvalue weighted by Gasteiger charge is -2.33. The van der Waals surface area contributed by atoms with Crippen molar-refractivity contribution in [3.05, 3.63) is 12.4 Å². The standard InChI is InChI=1S/C12H17N5O3/c18-9(19)12(4-2-1-3-5-12)8-14-11(20)16-10-13-6-7-15-17-10/h6-7H,1-5,8H2,(H,18,19)(H2,13,14,16,17,20). The molecular formula is C12H17N5O3. The highest BCUT2D eigenvalue weighted by Gasteiger charge is 2.39. The minimum atomic E-state index is -0.856. The number of nitrogens with one attached hydrogen (secondary N) is 2. The van der Waals surface area contributed by atoms with E-state index in [1.165, 1.54) is 12.4 Å². The zero-order valence-electron chi connectivity index (χ0n) is 11.0. The maximum Gasteiger partial charge on any atom is 0.321 e. The number of nitrogens with zero attached hydrogens (tertiary/aromatic N) is 3. The minimum absolute atomic E-state index is 0.0815. The molecule has 0 radical (unpaired) electrons. The third-order valence-electron chi connectivity index (χ3n) is 3.56. The second-order valence-electron chi connectivity index (χ2n) is 4.92. The molecular weight excluding hydrogens is 262 g/mol. The van der Waals surface area contributed by atoms with Gasteiger partial charge in [-0.05, 0) is 12.8 Å². The van der Waals surface area contributed by atoms with Crippen LogP contribution in [0.2, 0.25) is 0 Å². The van der Waals surface area contributed by atoms with E-state index in [1.807, 2.05) is 0 Å². The summed E-state index contributed by atoms with van der Waals surface area (Å²) >= 11 is 0. The van der Waals surface area contributed by atoms with Gasteiger partial charge in [0.05, 0.1) is 17.8 Å². The van der Waals surface area contributed by atoms with Gasteiger partial charge in [-0.15, -0.1) is 5.10 Å². The van der Waals surface area contributed by atoms with Crippen molar-refractivity contribution in [2.24, 2.45) is 5.41 Å². The molecule has 0 spiro atoms. The van der Waals surface area contributed by atoms with Crippen molar-refractivity contribution in [2.75, 3.05) is 11.9 Å². The molecule has 3 N–H and O–H groups in total. The predicted molar refractivity (Wildman–Crippen MR) is 70.0 cm³/mol. The fourth-order valence-corrected chi connectivity index (χ4v) is 2.39. The van der Waals surface area contributed by atoms with Crippen molar-refractivity contribution in [2.45, 2.75) is 32.1 Å². The number of rotatable bonds is 4. The van der Waals surface area contributed by atoms with E-state index < -0.39 is 17.4 Å². The van der Waals surface area contributed by atoms with Crippen LogP contribution in [0, 0.1) is 5.41 Å². The summed E-state index contributed by atoms with van der Waals surface area (Å²) in [4.78, 5) is 26.9. The average Bonchev–Trinajstić information content (AvgIpc) is 2.47. The Kier molecular flexibility index (Phi) is 4.44. The largest absolute Gasteiger partial charge is 0.481 e. The summed E-state index contributed by atoms with van der Waals surface area (Å²) in [5.74, 6) is -0.770. The third kappa shape index (κ3) is 3.40. The summed E-state index contributed by atoms with van der Waals surface area (Å²) in [5, 5.41) is 21.6. The molecule has 1 saturated carbocycles. The zero-order chi connectivity index (χ0) is 14.4. The lowest BCUT2D eigenvalue weighted by molar-refractivity contribution is -0.150. The van der Waals surface area contributed by atoms with Gasteiger partial charge in [-0.2, -0.15) is 5.10 Å². The lowest BCUT2D eigenvalue weighted by atomic mass is 9.74. The summed E-state index contributed by atoms with van der Waals surface area (Å²) in [6, 6.07) is -0.524. The van der Waals surface area contributed by atoms with Crippen LogP contribution >= 0.6 is 0 Å². The van der Waals surface area contributed by atoms with Crippen molar-refractivity contribution >= 4 is 17.9 Å². The summed E-state index contributed by atoms with van der Waals surface area (Å²) in [7, 11) is 0. The van der Waals surface area contributed by atoms with Gasteiger partial charge in [-0.25, -0.2) is 9.78 Å². The van der Waals surface area contributed by atoms with Gasteiger partial charge >= 0.3 is 12.0 Å². The molecule has 2 amide bonds. The van der Waals surface area contributed by atoms with Crippen LogP contribution in [0.25, 0.3) is 0 Å². The van der Waals surface area contributed by atoms with Gasteiger partial charge in [0.25, 0.3) is 5.95 Å². The zero-order valence-corrected chi connectivity index (χ0v) is 11.0. The molecule has 108 valence electrons. The number of carboxylic acid groups (broad SMARTS) is 1. The molecule has 8 heteroatoms. The number of carbonyl (C=O) groups is 2. The van der Waals surface area contributed by atoms with Gasteiger partial charge in [0.2, 0.25) is 0 Å². The summed E-state index contributed by atoms with van der Waals surface area (Å²) in [6.07, 6.45) is 6.78. The Labute approximate surface area is 116 Å². The number of aromatic nitrogens is 3. The Balaban J connectivity index is 1.89. The van der Waals surface area contributed by atoms with Gasteiger partial charge in [-0.3, -0.25) is 10.1 Å². The smallest absolute Gasteiger partial charge is 0.321 e. The van der Waals surface area contributed by atoms with Crippen molar-refractivity contribution in [1.82, 2.24) is 20.5 Å². The predicted octanol–water partition coefficient (Wildman–Crippen LogP) is 1.03. The molecule has 1 heterocycles. The van der Waals surface area contributed by atoms with E-state index in [4.69, 9.17) is 0 Å². The van der Waals surface area contributed by atoms with E-state index in [-0.39, 0.29) is 12.5 Å². The number of hydrogen-bond acceptors (Lipinski definition) is 5. The SMILES string of the molecule is O=C(NCC1(C(=O)O)CCCCC1)Nc1nccnn1. The Bertz CT molecular complexity index is 473. The first-order valence-electron chi connectivity index (χ1n) is 6.54. The second kappa shape index (κ2) is 6.27. The van der Waals surface area contributed by atoms with E-state index in [0.29, 0.717) is 12.8 Å². The summed E-state index contributed by atoms with van der Waals surface area (Å²) in [6.45, 7) is 0.106. The number of aliphatic carboxylic acids is 1. The summed E-state index contributed by atoms with van der Waals surface area (Å²) in [5.41, 5.74) is -0.856. The van der Waals surface area contributed by atoms with Crippen molar-refractivity contribution in [3.63, 3.8) is 0 Å². The highest BCUT2D eigenvalue weighted by atomic mass is 16.4. The molecule has 0 unspecified atom stereocenters. The third-order valence-corrected chi connectivity index (χ3v) is 3.56. The van der Waals surface area contributed by atoms with E-state index in [9.17, 15) is 14.7 Å². The maximum absolute atomic E-state index is 11.7. The molecule has 0 bridgehead atoms. The molecule has 1 aliphatic rings. The highest BCUT2D eigenvalue weighted by Crippen LogP contribution is 2.35.